The molecule has 0 saturated carbocycles. The van der Waals surface area contributed by atoms with Crippen molar-refractivity contribution in [3.8, 4) is 6.07 Å². The number of nitrogens with zero attached hydrogens (tertiary/aromatic N) is 3. The summed E-state index contributed by atoms with van der Waals surface area (Å²) in [5.41, 5.74) is -1.46. The summed E-state index contributed by atoms with van der Waals surface area (Å²) in [4.78, 5) is 26.5. The van der Waals surface area contributed by atoms with Gasteiger partial charge >= 0.3 is 13.3 Å². The molecule has 0 radical (unpaired) electrons. The van der Waals surface area contributed by atoms with Gasteiger partial charge in [-0.05, 0) is 41.5 Å². The van der Waals surface area contributed by atoms with Crippen molar-refractivity contribution in [3.05, 3.63) is 33.1 Å². The van der Waals surface area contributed by atoms with Crippen LogP contribution in [0.2, 0.25) is 0 Å². The lowest BCUT2D eigenvalue weighted by molar-refractivity contribution is -0.0949. The molecule has 5 atom stereocenters. The van der Waals surface area contributed by atoms with E-state index in [1.165, 1.54) is 13.3 Å². The van der Waals surface area contributed by atoms with Crippen LogP contribution in [0, 0.1) is 11.3 Å². The maximum absolute atomic E-state index is 15.6. The van der Waals surface area contributed by atoms with E-state index in [9.17, 15) is 14.2 Å². The quantitative estimate of drug-likeness (QED) is 0.161. The summed E-state index contributed by atoms with van der Waals surface area (Å²) in [7, 11) is -4.33. The first-order chi connectivity index (χ1) is 20.2. The second kappa shape index (κ2) is 17.2. The lowest BCUT2D eigenvalue weighted by atomic mass is 10.0. The first-order valence-corrected chi connectivity index (χ1v) is 17.1. The van der Waals surface area contributed by atoms with E-state index in [0.29, 0.717) is 0 Å². The Morgan fingerprint density at radius 3 is 2.33 bits per heavy atom. The SMILES string of the molecule is CCOP(=O)(CCC(F)(F)C[C@H]1O[C@@H](n2ccc(=O)[nH]c2=O)C(OC)C1OP(OCCC#N)N(C(C)C)C(C)C)OCC. The zero-order valence-electron chi connectivity index (χ0n) is 25.7. The molecule has 17 heteroatoms. The molecule has 1 fully saturated rings. The minimum atomic E-state index is -3.74. The van der Waals surface area contributed by atoms with Gasteiger partial charge in [0.25, 0.3) is 20.0 Å². The third-order valence-corrected chi connectivity index (χ3v) is 10.7. The van der Waals surface area contributed by atoms with Gasteiger partial charge in [-0.15, -0.1) is 0 Å². The number of ether oxygens (including phenoxy) is 2. The standard InChI is InChI=1S/C26H44F2N4O9P2/c1-8-38-43(35,39-9-2)16-12-26(27,28)17-20-22(41-42(37-15-10-13-29)32(18(3)4)19(5)6)23(36-7)24(40-20)31-14-11-21(33)30-25(31)34/h11,14,18-20,22-24H,8-10,12,15-17H2,1-7H3,(H,30,33,34)/t20-,22?,23?,24-,42?/m1/s1. The van der Waals surface area contributed by atoms with Crippen LogP contribution in [-0.2, 0) is 32.1 Å². The van der Waals surface area contributed by atoms with Gasteiger partial charge in [-0.25, -0.2) is 18.2 Å². The molecule has 1 saturated heterocycles. The molecule has 2 rings (SSSR count). The van der Waals surface area contributed by atoms with Crippen LogP contribution in [-0.4, -0.2) is 83.6 Å². The topological polar surface area (TPSA) is 154 Å². The molecule has 0 bridgehead atoms. The normalized spacial score (nSPS) is 22.0. The highest BCUT2D eigenvalue weighted by Crippen LogP contribution is 2.53. The summed E-state index contributed by atoms with van der Waals surface area (Å²) in [6.45, 7) is 11.0. The Hall–Kier alpha value is -1.59. The molecule has 1 N–H and O–H groups in total. The summed E-state index contributed by atoms with van der Waals surface area (Å²) in [5, 5.41) is 9.06. The summed E-state index contributed by atoms with van der Waals surface area (Å²) < 4.78 is 81.4. The van der Waals surface area contributed by atoms with Crippen LogP contribution in [0.15, 0.2) is 21.9 Å². The van der Waals surface area contributed by atoms with Gasteiger partial charge in [0.2, 0.25) is 0 Å². The number of nitrogens with one attached hydrogen (secondary N) is 1. The third kappa shape index (κ3) is 10.8. The van der Waals surface area contributed by atoms with Crippen molar-refractivity contribution in [1.29, 1.82) is 5.26 Å². The second-order valence-electron chi connectivity index (χ2n) is 10.4. The van der Waals surface area contributed by atoms with Crippen LogP contribution in [0.4, 0.5) is 8.78 Å². The van der Waals surface area contributed by atoms with E-state index in [4.69, 9.17) is 32.8 Å². The molecule has 3 unspecified atom stereocenters. The summed E-state index contributed by atoms with van der Waals surface area (Å²) >= 11 is 0. The molecule has 43 heavy (non-hydrogen) atoms. The molecule has 0 amide bonds. The van der Waals surface area contributed by atoms with E-state index in [1.807, 2.05) is 38.4 Å². The minimum Gasteiger partial charge on any atom is -0.374 e. The molecule has 13 nitrogen and oxygen atoms in total. The van der Waals surface area contributed by atoms with Crippen LogP contribution in [0.25, 0.3) is 0 Å². The molecule has 1 aliphatic rings. The minimum absolute atomic E-state index is 0.0349. The van der Waals surface area contributed by atoms with Gasteiger partial charge in [-0.3, -0.25) is 18.9 Å². The van der Waals surface area contributed by atoms with Crippen LogP contribution >= 0.6 is 16.1 Å². The Kier molecular flexibility index (Phi) is 15.0. The average molecular weight is 657 g/mol. The van der Waals surface area contributed by atoms with E-state index in [1.54, 1.807) is 13.8 Å². The Balaban J connectivity index is 2.49. The van der Waals surface area contributed by atoms with Gasteiger partial charge in [0.05, 0.1) is 44.6 Å². The van der Waals surface area contributed by atoms with Crippen LogP contribution in [0.3, 0.4) is 0 Å². The lowest BCUT2D eigenvalue weighted by Gasteiger charge is -2.38. The molecule has 1 aromatic heterocycles. The largest absolute Gasteiger partial charge is 0.374 e. The van der Waals surface area contributed by atoms with Gasteiger partial charge in [-0.1, -0.05) is 0 Å². The highest BCUT2D eigenvalue weighted by molar-refractivity contribution is 7.53. The number of aromatic nitrogens is 2. The van der Waals surface area contributed by atoms with Crippen molar-refractivity contribution in [1.82, 2.24) is 14.2 Å². The Bertz CT molecular complexity index is 1190. The number of hydrogen-bond donors (Lipinski definition) is 1. The second-order valence-corrected chi connectivity index (χ2v) is 14.0. The molecular weight excluding hydrogens is 612 g/mol. The van der Waals surface area contributed by atoms with E-state index in [0.717, 1.165) is 10.6 Å². The first kappa shape index (κ1) is 37.6. The summed E-state index contributed by atoms with van der Waals surface area (Å²) in [6.07, 6.45) is -5.76. The molecule has 0 aliphatic carbocycles. The van der Waals surface area contributed by atoms with Crippen molar-refractivity contribution in [2.24, 2.45) is 0 Å². The van der Waals surface area contributed by atoms with Gasteiger partial charge < -0.3 is 27.6 Å². The number of nitriles is 1. The fourth-order valence-electron chi connectivity index (χ4n) is 4.76. The first-order valence-electron chi connectivity index (χ1n) is 14.2. The van der Waals surface area contributed by atoms with E-state index >= 15 is 8.78 Å². The smallest absolute Gasteiger partial charge is 0.330 e. The molecule has 2 heterocycles. The highest BCUT2D eigenvalue weighted by atomic mass is 31.2. The molecule has 1 aromatic rings. The number of halogens is 2. The fraction of sp³-hybridized carbons (Fsp3) is 0.808. The van der Waals surface area contributed by atoms with Crippen molar-refractivity contribution < 1.29 is 40.9 Å². The van der Waals surface area contributed by atoms with Gasteiger partial charge in [-0.2, -0.15) is 5.26 Å². The Morgan fingerprint density at radius 1 is 1.19 bits per heavy atom. The van der Waals surface area contributed by atoms with Crippen molar-refractivity contribution in [3.63, 3.8) is 0 Å². The number of alkyl halides is 2. The fourth-order valence-corrected chi connectivity index (χ4v) is 8.25. The zero-order valence-corrected chi connectivity index (χ0v) is 27.5. The highest BCUT2D eigenvalue weighted by Gasteiger charge is 2.52. The average Bonchev–Trinajstić information content (AvgIpc) is 3.23. The van der Waals surface area contributed by atoms with Crippen molar-refractivity contribution in [2.75, 3.05) is 33.1 Å². The number of methoxy groups -OCH3 is 1. The van der Waals surface area contributed by atoms with Gasteiger partial charge in [0, 0.05) is 44.3 Å². The Labute approximate surface area is 252 Å². The van der Waals surface area contributed by atoms with Crippen LogP contribution < -0.4 is 11.2 Å². The van der Waals surface area contributed by atoms with Crippen molar-refractivity contribution >= 4 is 16.1 Å². The van der Waals surface area contributed by atoms with Crippen molar-refractivity contribution in [2.45, 2.75) is 103 Å². The predicted octanol–water partition coefficient (Wildman–Crippen LogP) is 4.79. The third-order valence-electron chi connectivity index (χ3n) is 6.46. The van der Waals surface area contributed by atoms with Crippen LogP contribution in [0.1, 0.15) is 67.0 Å². The number of H-pyrrole nitrogens is 1. The van der Waals surface area contributed by atoms with E-state index < -0.39 is 76.8 Å². The van der Waals surface area contributed by atoms with Gasteiger partial charge in [0.15, 0.2) is 6.23 Å². The lowest BCUT2D eigenvalue weighted by Crippen LogP contribution is -2.42. The number of aromatic amines is 1. The monoisotopic (exact) mass is 656 g/mol. The summed E-state index contributed by atoms with van der Waals surface area (Å²) in [5.74, 6) is -3.42. The van der Waals surface area contributed by atoms with E-state index in [2.05, 4.69) is 4.98 Å². The molecule has 0 spiro atoms. The van der Waals surface area contributed by atoms with Gasteiger partial charge in [0.1, 0.15) is 12.2 Å². The predicted molar refractivity (Wildman–Crippen MR) is 156 cm³/mol. The maximum atomic E-state index is 15.6. The zero-order chi connectivity index (χ0) is 32.4. The maximum Gasteiger partial charge on any atom is 0.330 e. The molecular formula is C26H44F2N4O9P2. The molecule has 246 valence electrons. The number of hydrogen-bond acceptors (Lipinski definition) is 11. The molecule has 0 aromatic carbocycles. The number of rotatable bonds is 19. The molecule has 1 aliphatic heterocycles. The summed E-state index contributed by atoms with van der Waals surface area (Å²) in [6, 6.07) is 2.95. The van der Waals surface area contributed by atoms with E-state index in [-0.39, 0.29) is 38.3 Å². The Morgan fingerprint density at radius 2 is 1.81 bits per heavy atom. The van der Waals surface area contributed by atoms with Crippen LogP contribution in [0.5, 0.6) is 0 Å².